The molecule has 0 aliphatic rings. The zero-order valence-corrected chi connectivity index (χ0v) is 9.59. The Kier molecular flexibility index (Phi) is 4.66. The van der Waals surface area contributed by atoms with E-state index in [-0.39, 0.29) is 12.5 Å². The highest BCUT2D eigenvalue weighted by atomic mass is 16.4. The molecule has 1 amide bonds. The zero-order chi connectivity index (χ0) is 12.8. The Balaban J connectivity index is 2.51. The van der Waals surface area contributed by atoms with E-state index in [4.69, 9.17) is 10.8 Å². The van der Waals surface area contributed by atoms with Crippen LogP contribution in [0.2, 0.25) is 0 Å². The maximum atomic E-state index is 11.6. The predicted molar refractivity (Wildman–Crippen MR) is 63.2 cm³/mol. The molecule has 5 nitrogen and oxygen atoms in total. The molecule has 5 heteroatoms. The first-order chi connectivity index (χ1) is 8.02. The van der Waals surface area contributed by atoms with E-state index in [2.05, 4.69) is 5.32 Å². The molecule has 0 fully saturated rings. The van der Waals surface area contributed by atoms with Crippen LogP contribution < -0.4 is 11.1 Å². The molecule has 1 unspecified atom stereocenters. The number of carboxylic acid groups (broad SMARTS) is 1. The third-order valence-corrected chi connectivity index (χ3v) is 2.45. The second kappa shape index (κ2) is 6.00. The fourth-order valence-corrected chi connectivity index (χ4v) is 1.26. The summed E-state index contributed by atoms with van der Waals surface area (Å²) in [6, 6.07) is 8.17. The summed E-state index contributed by atoms with van der Waals surface area (Å²) in [7, 11) is 0. The zero-order valence-electron chi connectivity index (χ0n) is 9.59. The summed E-state index contributed by atoms with van der Waals surface area (Å²) in [6.45, 7) is 1.60. The first-order valence-corrected chi connectivity index (χ1v) is 5.33. The van der Waals surface area contributed by atoms with Crippen LogP contribution in [0.5, 0.6) is 0 Å². The van der Waals surface area contributed by atoms with Crippen molar-refractivity contribution in [3.05, 3.63) is 35.9 Å². The van der Waals surface area contributed by atoms with Crippen molar-refractivity contribution < 1.29 is 14.7 Å². The van der Waals surface area contributed by atoms with Gasteiger partial charge in [0, 0.05) is 6.54 Å². The number of aliphatic carboxylic acids is 1. The van der Waals surface area contributed by atoms with Crippen molar-refractivity contribution >= 4 is 11.9 Å². The van der Waals surface area contributed by atoms with Gasteiger partial charge in [-0.2, -0.15) is 0 Å². The van der Waals surface area contributed by atoms with E-state index < -0.39 is 17.9 Å². The van der Waals surface area contributed by atoms with Gasteiger partial charge in [-0.05, 0) is 5.56 Å². The van der Waals surface area contributed by atoms with Crippen LogP contribution in [0.15, 0.2) is 30.3 Å². The van der Waals surface area contributed by atoms with Crippen LogP contribution in [0.3, 0.4) is 0 Å². The number of amides is 1. The quantitative estimate of drug-likeness (QED) is 0.695. The van der Waals surface area contributed by atoms with Crippen molar-refractivity contribution in [2.75, 3.05) is 6.54 Å². The predicted octanol–water partition coefficient (Wildman–Crippen LogP) is 0.523. The van der Waals surface area contributed by atoms with Crippen LogP contribution in [0.25, 0.3) is 0 Å². The van der Waals surface area contributed by atoms with Gasteiger partial charge in [-0.1, -0.05) is 37.3 Å². The summed E-state index contributed by atoms with van der Waals surface area (Å²) in [5.74, 6) is -1.94. The highest BCUT2D eigenvalue weighted by Crippen LogP contribution is 2.09. The fraction of sp³-hybridized carbons (Fsp3) is 0.333. The minimum absolute atomic E-state index is 0.0781. The Morgan fingerprint density at radius 2 is 1.94 bits per heavy atom. The Labute approximate surface area is 99.6 Å². The van der Waals surface area contributed by atoms with E-state index in [1.807, 2.05) is 6.07 Å². The molecule has 1 aromatic carbocycles. The lowest BCUT2D eigenvalue weighted by molar-refractivity contribution is -0.141. The van der Waals surface area contributed by atoms with Gasteiger partial charge in [0.05, 0.1) is 5.92 Å². The fourth-order valence-electron chi connectivity index (χ4n) is 1.26. The molecule has 1 rings (SSSR count). The number of nitrogens with two attached hydrogens (primary N) is 1. The molecule has 0 saturated heterocycles. The maximum Gasteiger partial charge on any atom is 0.308 e. The highest BCUT2D eigenvalue weighted by molar-refractivity contribution is 5.83. The number of benzene rings is 1. The number of rotatable bonds is 5. The molecule has 0 spiro atoms. The second-order valence-electron chi connectivity index (χ2n) is 3.87. The van der Waals surface area contributed by atoms with Crippen molar-refractivity contribution in [1.29, 1.82) is 0 Å². The molecule has 0 aliphatic heterocycles. The standard InChI is InChI=1S/C12H16N2O3/c1-8(12(16)17)7-14-11(15)10(13)9-5-3-2-4-6-9/h2-6,8,10H,7,13H2,1H3,(H,14,15)(H,16,17)/t8?,10-/m0/s1. The van der Waals surface area contributed by atoms with E-state index in [0.717, 1.165) is 0 Å². The lowest BCUT2D eigenvalue weighted by Crippen LogP contribution is -2.37. The highest BCUT2D eigenvalue weighted by Gasteiger charge is 2.17. The summed E-state index contributed by atoms with van der Waals surface area (Å²) in [6.07, 6.45) is 0. The molecule has 17 heavy (non-hydrogen) atoms. The molecule has 92 valence electrons. The Bertz CT molecular complexity index is 392. The van der Waals surface area contributed by atoms with Crippen LogP contribution in [-0.4, -0.2) is 23.5 Å². The molecule has 0 heterocycles. The van der Waals surface area contributed by atoms with Crippen molar-refractivity contribution in [2.45, 2.75) is 13.0 Å². The van der Waals surface area contributed by atoms with Crippen LogP contribution in [0, 0.1) is 5.92 Å². The summed E-state index contributed by atoms with van der Waals surface area (Å²) in [4.78, 5) is 22.2. The normalized spacial score (nSPS) is 13.8. The van der Waals surface area contributed by atoms with Crippen LogP contribution in [-0.2, 0) is 9.59 Å². The molecular formula is C12H16N2O3. The van der Waals surface area contributed by atoms with Crippen molar-refractivity contribution in [1.82, 2.24) is 5.32 Å². The summed E-state index contributed by atoms with van der Waals surface area (Å²) < 4.78 is 0. The van der Waals surface area contributed by atoms with Crippen LogP contribution in [0.4, 0.5) is 0 Å². The SMILES string of the molecule is CC(CNC(=O)[C@@H](N)c1ccccc1)C(=O)O. The van der Waals surface area contributed by atoms with Crippen molar-refractivity contribution in [2.24, 2.45) is 11.7 Å². The van der Waals surface area contributed by atoms with E-state index in [1.54, 1.807) is 24.3 Å². The average Bonchev–Trinajstić information content (AvgIpc) is 2.35. The molecule has 1 aromatic rings. The lowest BCUT2D eigenvalue weighted by atomic mass is 10.1. The van der Waals surface area contributed by atoms with Crippen LogP contribution >= 0.6 is 0 Å². The van der Waals surface area contributed by atoms with Gasteiger partial charge in [-0.25, -0.2) is 0 Å². The minimum Gasteiger partial charge on any atom is -0.481 e. The summed E-state index contributed by atoms with van der Waals surface area (Å²) in [5, 5.41) is 11.2. The lowest BCUT2D eigenvalue weighted by Gasteiger charge is -2.13. The van der Waals surface area contributed by atoms with Crippen molar-refractivity contribution in [3.63, 3.8) is 0 Å². The van der Waals surface area contributed by atoms with Gasteiger partial charge < -0.3 is 16.2 Å². The average molecular weight is 236 g/mol. The number of carbonyl (C=O) groups excluding carboxylic acids is 1. The van der Waals surface area contributed by atoms with E-state index in [1.165, 1.54) is 6.92 Å². The monoisotopic (exact) mass is 236 g/mol. The molecule has 0 aliphatic carbocycles. The first kappa shape index (κ1) is 13.2. The maximum absolute atomic E-state index is 11.6. The second-order valence-corrected chi connectivity index (χ2v) is 3.87. The van der Waals surface area contributed by atoms with Crippen molar-refractivity contribution in [3.8, 4) is 0 Å². The first-order valence-electron chi connectivity index (χ1n) is 5.33. The summed E-state index contributed by atoms with van der Waals surface area (Å²) in [5.41, 5.74) is 6.44. The summed E-state index contributed by atoms with van der Waals surface area (Å²) >= 11 is 0. The van der Waals surface area contributed by atoms with Gasteiger partial charge in [0.15, 0.2) is 0 Å². The Hall–Kier alpha value is -1.88. The molecular weight excluding hydrogens is 220 g/mol. The topological polar surface area (TPSA) is 92.4 Å². The Morgan fingerprint density at radius 3 is 2.47 bits per heavy atom. The number of carboxylic acids is 1. The number of hydrogen-bond acceptors (Lipinski definition) is 3. The van der Waals surface area contributed by atoms with Gasteiger partial charge in [-0.3, -0.25) is 9.59 Å². The molecule has 0 radical (unpaired) electrons. The molecule has 0 bridgehead atoms. The largest absolute Gasteiger partial charge is 0.481 e. The van der Waals surface area contributed by atoms with E-state index in [9.17, 15) is 9.59 Å². The van der Waals surface area contributed by atoms with Gasteiger partial charge in [0.1, 0.15) is 6.04 Å². The Morgan fingerprint density at radius 1 is 1.35 bits per heavy atom. The van der Waals surface area contributed by atoms with Gasteiger partial charge in [0.25, 0.3) is 0 Å². The van der Waals surface area contributed by atoms with Crippen LogP contribution in [0.1, 0.15) is 18.5 Å². The van der Waals surface area contributed by atoms with Gasteiger partial charge >= 0.3 is 5.97 Å². The van der Waals surface area contributed by atoms with Gasteiger partial charge in [0.2, 0.25) is 5.91 Å². The number of nitrogens with one attached hydrogen (secondary N) is 1. The molecule has 2 atom stereocenters. The molecule has 4 N–H and O–H groups in total. The van der Waals surface area contributed by atoms with E-state index >= 15 is 0 Å². The molecule has 0 aromatic heterocycles. The van der Waals surface area contributed by atoms with E-state index in [0.29, 0.717) is 5.56 Å². The third-order valence-electron chi connectivity index (χ3n) is 2.45. The number of carbonyl (C=O) groups is 2. The smallest absolute Gasteiger partial charge is 0.308 e. The third kappa shape index (κ3) is 3.88. The van der Waals surface area contributed by atoms with Gasteiger partial charge in [-0.15, -0.1) is 0 Å². The minimum atomic E-state index is -0.946. The number of hydrogen-bond donors (Lipinski definition) is 3. The molecule has 0 saturated carbocycles.